The monoisotopic (exact) mass is 909 g/mol. The van der Waals surface area contributed by atoms with Crippen LogP contribution in [-0.2, 0) is 24.9 Å². The van der Waals surface area contributed by atoms with E-state index in [4.69, 9.17) is 4.98 Å². The summed E-state index contributed by atoms with van der Waals surface area (Å²) in [4.78, 5) is 18.5. The minimum atomic E-state index is -0.337. The average molecular weight is 909 g/mol. The normalized spacial score (nSPS) is 16.3. The predicted octanol–water partition coefficient (Wildman–Crippen LogP) is 14.7. The number of hydrogen-bond donors (Lipinski definition) is 1. The van der Waals surface area contributed by atoms with Crippen LogP contribution in [0.15, 0.2) is 66.6 Å². The maximum absolute atomic E-state index is 12.2. The second-order valence-corrected chi connectivity index (χ2v) is 19.0. The first-order chi connectivity index (χ1) is 24.4. The molecule has 3 nitrogen and oxygen atoms in total. The molecule has 0 bridgehead atoms. The third-order valence-electron chi connectivity index (χ3n) is 12.4. The zero-order valence-corrected chi connectivity index (χ0v) is 37.6. The molecule has 5 heteroatoms. The van der Waals surface area contributed by atoms with Crippen molar-refractivity contribution in [3.8, 4) is 11.3 Å². The molecule has 6 rings (SSSR count). The van der Waals surface area contributed by atoms with Gasteiger partial charge in [0.25, 0.3) is 0 Å². The van der Waals surface area contributed by atoms with Crippen LogP contribution in [0.1, 0.15) is 136 Å². The smallest absolute Gasteiger partial charge is 0.164 e. The Kier molecular flexibility index (Phi) is 13.3. The van der Waals surface area contributed by atoms with E-state index in [9.17, 15) is 9.90 Å². The molecule has 2 heterocycles. The van der Waals surface area contributed by atoms with Crippen LogP contribution >= 0.6 is 11.3 Å². The third-order valence-corrected chi connectivity index (χ3v) is 13.7. The van der Waals surface area contributed by atoms with Crippen LogP contribution in [0.4, 0.5) is 0 Å². The fourth-order valence-electron chi connectivity index (χ4n) is 8.78. The molecule has 1 aliphatic rings. The minimum Gasteiger partial charge on any atom is -0.512 e. The Bertz CT molecular complexity index is 2070. The van der Waals surface area contributed by atoms with Gasteiger partial charge in [-0.15, -0.1) is 46.2 Å². The molecule has 0 saturated heterocycles. The first-order valence-electron chi connectivity index (χ1n) is 19.6. The van der Waals surface area contributed by atoms with Gasteiger partial charge in [-0.3, -0.25) is 4.79 Å². The molecule has 0 aliphatic heterocycles. The molecule has 287 valence electrons. The van der Waals surface area contributed by atoms with Crippen LogP contribution in [0.3, 0.4) is 0 Å². The Morgan fingerprint density at radius 3 is 1.96 bits per heavy atom. The van der Waals surface area contributed by atoms with Gasteiger partial charge in [0, 0.05) is 58.2 Å². The molecule has 1 aliphatic carbocycles. The van der Waals surface area contributed by atoms with E-state index in [1.54, 1.807) is 4.88 Å². The van der Waals surface area contributed by atoms with Gasteiger partial charge in [-0.1, -0.05) is 101 Å². The van der Waals surface area contributed by atoms with Crippen molar-refractivity contribution in [3.63, 3.8) is 0 Å². The number of carbonyl (C=O) groups excluding carboxylic acids is 1. The zero-order valence-electron chi connectivity index (χ0n) is 34.3. The number of fused-ring (bicyclic) bond motifs is 5. The number of benzene rings is 3. The van der Waals surface area contributed by atoms with Gasteiger partial charge >= 0.3 is 0 Å². The van der Waals surface area contributed by atoms with Crippen molar-refractivity contribution < 1.29 is 30.0 Å². The molecule has 1 radical (unpaired) electrons. The summed E-state index contributed by atoms with van der Waals surface area (Å²) >= 11 is 2.01. The molecule has 53 heavy (non-hydrogen) atoms. The molecule has 0 amide bonds. The first-order valence-corrected chi connectivity index (χ1v) is 20.4. The van der Waals surface area contributed by atoms with E-state index in [1.807, 2.05) is 59.1 Å². The maximum Gasteiger partial charge on any atom is 0.164 e. The number of ketones is 1. The van der Waals surface area contributed by atoms with E-state index in [0.29, 0.717) is 16.7 Å². The Balaban J connectivity index is 0.000000299. The molecule has 3 aromatic carbocycles. The number of allylic oxidation sites excluding steroid dienone is 2. The summed E-state index contributed by atoms with van der Waals surface area (Å²) in [7, 11) is 0. The third kappa shape index (κ3) is 9.17. The summed E-state index contributed by atoms with van der Waals surface area (Å²) < 4.78 is 1.41. The van der Waals surface area contributed by atoms with E-state index < -0.39 is 0 Å². The number of thiophene rings is 1. The number of aliphatic hydroxyl groups is 1. The Hall–Kier alpha value is -2.85. The van der Waals surface area contributed by atoms with E-state index in [2.05, 4.69) is 96.1 Å². The number of hydrogen-bond acceptors (Lipinski definition) is 4. The zero-order chi connectivity index (χ0) is 38.2. The quantitative estimate of drug-likeness (QED) is 0.0694. The van der Waals surface area contributed by atoms with Crippen molar-refractivity contribution in [1.82, 2.24) is 4.98 Å². The Morgan fingerprint density at radius 1 is 0.830 bits per heavy atom. The van der Waals surface area contributed by atoms with Gasteiger partial charge in [-0.05, 0) is 107 Å². The van der Waals surface area contributed by atoms with Gasteiger partial charge in [-0.2, -0.15) is 0 Å². The molecule has 0 unspecified atom stereocenters. The molecule has 5 aromatic rings. The van der Waals surface area contributed by atoms with Crippen molar-refractivity contribution in [2.75, 3.05) is 0 Å². The van der Waals surface area contributed by atoms with Gasteiger partial charge in [0.2, 0.25) is 0 Å². The van der Waals surface area contributed by atoms with Crippen LogP contribution in [-0.4, -0.2) is 15.9 Å². The summed E-state index contributed by atoms with van der Waals surface area (Å²) in [6.45, 7) is 26.1. The van der Waals surface area contributed by atoms with Crippen LogP contribution < -0.4 is 0 Å². The van der Waals surface area contributed by atoms with Gasteiger partial charge in [0.05, 0.1) is 0 Å². The molecular formula is C48H62IrNO2S-. The molecular weight excluding hydrogens is 847 g/mol. The Morgan fingerprint density at radius 2 is 1.38 bits per heavy atom. The number of pyridine rings is 1. The minimum absolute atomic E-state index is 0. The van der Waals surface area contributed by atoms with Crippen molar-refractivity contribution in [2.24, 2.45) is 21.7 Å². The first kappa shape index (κ1) is 42.9. The summed E-state index contributed by atoms with van der Waals surface area (Å²) in [6, 6.07) is 21.8. The van der Waals surface area contributed by atoms with Crippen molar-refractivity contribution in [1.29, 1.82) is 0 Å². The standard InChI is InChI=1S/C33H34NS.C15H28O2.Ir/c1-20-13-21(2)15-22(14-20)31-27-8-7-25-24(26(27)11-12-34-31)9-10-29-28(25)16-30(35-29)23-17-32(3,4)19-33(5,6)18-23;1-7-14(5,8-2)12(16)11-13(17)15(6,9-3)10-4;/h7-14,16,23H,17-19H2,1-6H3;11,16H,7-10H2,1-6H3;/q-1;;/b;12-11-;. The molecule has 0 spiro atoms. The number of aryl methyl sites for hydroxylation is 2. The van der Waals surface area contributed by atoms with E-state index >= 15 is 0 Å². The molecule has 1 saturated carbocycles. The van der Waals surface area contributed by atoms with Gasteiger partial charge in [0.1, 0.15) is 5.76 Å². The summed E-state index contributed by atoms with van der Waals surface area (Å²) in [5.74, 6) is 0.936. The molecule has 2 aromatic heterocycles. The molecule has 1 N–H and O–H groups in total. The summed E-state index contributed by atoms with van der Waals surface area (Å²) in [5.41, 5.74) is 4.70. The fourth-order valence-corrected chi connectivity index (χ4v) is 9.96. The molecule has 1 fully saturated rings. The van der Waals surface area contributed by atoms with Crippen LogP contribution in [0, 0.1) is 41.6 Å². The van der Waals surface area contributed by atoms with E-state index in [-0.39, 0.29) is 42.5 Å². The predicted molar refractivity (Wildman–Crippen MR) is 226 cm³/mol. The topological polar surface area (TPSA) is 50.2 Å². The van der Waals surface area contributed by atoms with Crippen LogP contribution in [0.5, 0.6) is 0 Å². The average Bonchev–Trinajstić information content (AvgIpc) is 3.54. The number of carbonyl (C=O) groups is 1. The maximum atomic E-state index is 12.2. The van der Waals surface area contributed by atoms with E-state index in [0.717, 1.165) is 42.5 Å². The SMILES string of the molecule is CCC(C)(CC)C(=O)/C=C(\O)C(C)(CC)CC.Cc1[c-]c(-c2nccc3c2ccc2c4cc(C5CC(C)(C)CC(C)(C)C5)sc4ccc32)cc(C)c1.[Ir]. The van der Waals surface area contributed by atoms with Gasteiger partial charge in [0.15, 0.2) is 5.78 Å². The number of rotatable bonds is 9. The number of aromatic nitrogens is 1. The van der Waals surface area contributed by atoms with Gasteiger partial charge in [-0.25, -0.2) is 0 Å². The van der Waals surface area contributed by atoms with Crippen LogP contribution in [0.25, 0.3) is 42.9 Å². The van der Waals surface area contributed by atoms with Crippen molar-refractivity contribution in [2.45, 2.75) is 134 Å². The molecule has 0 atom stereocenters. The van der Waals surface area contributed by atoms with E-state index in [1.165, 1.54) is 62.5 Å². The van der Waals surface area contributed by atoms with Crippen molar-refractivity contribution in [3.05, 3.63) is 88.6 Å². The summed E-state index contributed by atoms with van der Waals surface area (Å²) in [5, 5.41) is 16.7. The second kappa shape index (κ2) is 16.5. The fraction of sp³-hybridized carbons (Fsp3) is 0.500. The van der Waals surface area contributed by atoms with Gasteiger partial charge < -0.3 is 10.1 Å². The largest absolute Gasteiger partial charge is 0.512 e. The Labute approximate surface area is 337 Å². The number of nitrogens with zero attached hydrogens (tertiary/aromatic N) is 1. The summed E-state index contributed by atoms with van der Waals surface area (Å²) in [6.07, 6.45) is 10.6. The van der Waals surface area contributed by atoms with Crippen molar-refractivity contribution >= 4 is 48.8 Å². The van der Waals surface area contributed by atoms with Crippen LogP contribution in [0.2, 0.25) is 0 Å². The second-order valence-electron chi connectivity index (χ2n) is 17.8. The number of aliphatic hydroxyl groups excluding tert-OH is 1.